The molecule has 3 heterocycles. The van der Waals surface area contributed by atoms with Crippen LogP contribution in [-0.2, 0) is 4.79 Å². The molecule has 0 aromatic heterocycles. The second-order valence-electron chi connectivity index (χ2n) is 5.79. The summed E-state index contributed by atoms with van der Waals surface area (Å²) in [5, 5.41) is 9.24. The SMILES string of the molecule is CC1CSCCN1C(=O)N1C2CCC1C(C(=O)O)C2. The second-order valence-corrected chi connectivity index (χ2v) is 6.94. The van der Waals surface area contributed by atoms with Crippen LogP contribution in [0.25, 0.3) is 0 Å². The van der Waals surface area contributed by atoms with E-state index in [4.69, 9.17) is 0 Å². The van der Waals surface area contributed by atoms with Crippen molar-refractivity contribution >= 4 is 23.8 Å². The number of urea groups is 1. The van der Waals surface area contributed by atoms with Crippen molar-refractivity contribution in [1.82, 2.24) is 9.80 Å². The van der Waals surface area contributed by atoms with Gasteiger partial charge >= 0.3 is 12.0 Å². The maximum atomic E-state index is 12.7. The molecule has 0 spiro atoms. The molecule has 3 aliphatic heterocycles. The van der Waals surface area contributed by atoms with Gasteiger partial charge in [0.1, 0.15) is 0 Å². The summed E-state index contributed by atoms with van der Waals surface area (Å²) in [4.78, 5) is 27.8. The first-order chi connectivity index (χ1) is 9.09. The van der Waals surface area contributed by atoms with Crippen molar-refractivity contribution < 1.29 is 14.7 Å². The molecule has 5 nitrogen and oxygen atoms in total. The highest BCUT2D eigenvalue weighted by atomic mass is 32.2. The van der Waals surface area contributed by atoms with Gasteiger partial charge in [-0.2, -0.15) is 11.8 Å². The van der Waals surface area contributed by atoms with E-state index in [0.717, 1.165) is 30.9 Å². The van der Waals surface area contributed by atoms with Crippen molar-refractivity contribution in [2.75, 3.05) is 18.1 Å². The minimum atomic E-state index is -0.743. The zero-order chi connectivity index (χ0) is 13.6. The summed E-state index contributed by atoms with van der Waals surface area (Å²) in [6.07, 6.45) is 2.46. The molecule has 6 heteroatoms. The molecule has 2 amide bonds. The van der Waals surface area contributed by atoms with Gasteiger partial charge in [-0.15, -0.1) is 0 Å². The molecule has 3 saturated heterocycles. The second kappa shape index (κ2) is 4.89. The van der Waals surface area contributed by atoms with E-state index < -0.39 is 5.97 Å². The maximum Gasteiger partial charge on any atom is 0.320 e. The summed E-state index contributed by atoms with van der Waals surface area (Å²) >= 11 is 1.88. The Balaban J connectivity index is 1.75. The van der Waals surface area contributed by atoms with E-state index in [1.807, 2.05) is 21.6 Å². The molecule has 3 rings (SSSR count). The molecule has 19 heavy (non-hydrogen) atoms. The zero-order valence-corrected chi connectivity index (χ0v) is 11.9. The van der Waals surface area contributed by atoms with Crippen LogP contribution in [0.5, 0.6) is 0 Å². The van der Waals surface area contributed by atoms with Gasteiger partial charge in [-0.05, 0) is 26.2 Å². The van der Waals surface area contributed by atoms with Crippen LogP contribution in [0.1, 0.15) is 26.2 Å². The molecule has 2 bridgehead atoms. The van der Waals surface area contributed by atoms with Gasteiger partial charge in [0.15, 0.2) is 0 Å². The van der Waals surface area contributed by atoms with Gasteiger partial charge in [0, 0.05) is 36.2 Å². The third kappa shape index (κ3) is 2.10. The van der Waals surface area contributed by atoms with Gasteiger partial charge in [-0.25, -0.2) is 4.79 Å². The van der Waals surface area contributed by atoms with Crippen LogP contribution in [0, 0.1) is 5.92 Å². The molecule has 4 atom stereocenters. The fraction of sp³-hybridized carbons (Fsp3) is 0.846. The number of carbonyl (C=O) groups is 2. The highest BCUT2D eigenvalue weighted by Gasteiger charge is 2.52. The van der Waals surface area contributed by atoms with Crippen molar-refractivity contribution in [1.29, 1.82) is 0 Å². The number of hydrogen-bond acceptors (Lipinski definition) is 3. The summed E-state index contributed by atoms with van der Waals surface area (Å²) in [7, 11) is 0. The molecule has 3 fully saturated rings. The molecule has 106 valence electrons. The van der Waals surface area contributed by atoms with Crippen LogP contribution in [-0.4, -0.2) is 63.1 Å². The Morgan fingerprint density at radius 2 is 2.11 bits per heavy atom. The van der Waals surface area contributed by atoms with Crippen LogP contribution in [0.3, 0.4) is 0 Å². The highest BCUT2D eigenvalue weighted by Crippen LogP contribution is 2.42. The Morgan fingerprint density at radius 1 is 1.32 bits per heavy atom. The number of amides is 2. The van der Waals surface area contributed by atoms with E-state index in [-0.39, 0.29) is 30.1 Å². The lowest BCUT2D eigenvalue weighted by Gasteiger charge is -2.37. The topological polar surface area (TPSA) is 60.9 Å². The van der Waals surface area contributed by atoms with Gasteiger partial charge < -0.3 is 14.9 Å². The van der Waals surface area contributed by atoms with Crippen LogP contribution in [0.2, 0.25) is 0 Å². The van der Waals surface area contributed by atoms with E-state index in [9.17, 15) is 14.7 Å². The minimum absolute atomic E-state index is 0.0724. The third-order valence-corrected chi connectivity index (χ3v) is 5.88. The molecule has 1 N–H and O–H groups in total. The molecule has 0 aromatic rings. The van der Waals surface area contributed by atoms with Crippen molar-refractivity contribution in [3.8, 4) is 0 Å². The molecule has 0 aliphatic carbocycles. The number of carboxylic acid groups (broad SMARTS) is 1. The van der Waals surface area contributed by atoms with Crippen molar-refractivity contribution in [3.05, 3.63) is 0 Å². The van der Waals surface area contributed by atoms with Crippen LogP contribution < -0.4 is 0 Å². The molecule has 0 saturated carbocycles. The molecule has 0 radical (unpaired) electrons. The lowest BCUT2D eigenvalue weighted by molar-refractivity contribution is -0.142. The number of nitrogens with zero attached hydrogens (tertiary/aromatic N) is 2. The van der Waals surface area contributed by atoms with E-state index in [2.05, 4.69) is 6.92 Å². The Morgan fingerprint density at radius 3 is 2.74 bits per heavy atom. The van der Waals surface area contributed by atoms with Gasteiger partial charge in [-0.3, -0.25) is 4.79 Å². The van der Waals surface area contributed by atoms with Gasteiger partial charge in [0.25, 0.3) is 0 Å². The van der Waals surface area contributed by atoms with Crippen molar-refractivity contribution in [2.45, 2.75) is 44.3 Å². The molecule has 3 aliphatic rings. The first kappa shape index (κ1) is 13.1. The number of hydrogen-bond donors (Lipinski definition) is 1. The minimum Gasteiger partial charge on any atom is -0.481 e. The zero-order valence-electron chi connectivity index (χ0n) is 11.1. The summed E-state index contributed by atoms with van der Waals surface area (Å²) in [6, 6.07) is 0.413. The van der Waals surface area contributed by atoms with Crippen LogP contribution in [0.4, 0.5) is 4.79 Å². The number of aliphatic carboxylic acids is 1. The summed E-state index contributed by atoms with van der Waals surface area (Å²) in [6.45, 7) is 2.87. The highest BCUT2D eigenvalue weighted by molar-refractivity contribution is 7.99. The predicted octanol–water partition coefficient (Wildman–Crippen LogP) is 1.48. The largest absolute Gasteiger partial charge is 0.481 e. The van der Waals surface area contributed by atoms with E-state index >= 15 is 0 Å². The Kier molecular flexibility index (Phi) is 3.37. The maximum absolute atomic E-state index is 12.7. The molecule has 4 unspecified atom stereocenters. The fourth-order valence-corrected chi connectivity index (χ4v) is 4.73. The number of carbonyl (C=O) groups excluding carboxylic acids is 1. The van der Waals surface area contributed by atoms with E-state index in [0.29, 0.717) is 6.42 Å². The Labute approximate surface area is 117 Å². The van der Waals surface area contributed by atoms with Gasteiger partial charge in [-0.1, -0.05) is 0 Å². The summed E-state index contributed by atoms with van der Waals surface area (Å²) in [5.41, 5.74) is 0. The standard InChI is InChI=1S/C13H20N2O3S/c1-8-7-19-5-4-14(8)13(18)15-9-2-3-11(15)10(6-9)12(16)17/h8-11H,2-7H2,1H3,(H,16,17). The molecular formula is C13H20N2O3S. The average Bonchev–Trinajstić information content (AvgIpc) is 2.96. The first-order valence-electron chi connectivity index (χ1n) is 6.99. The summed E-state index contributed by atoms with van der Waals surface area (Å²) in [5.74, 6) is 0.878. The van der Waals surface area contributed by atoms with Gasteiger partial charge in [0.05, 0.1) is 5.92 Å². The Bertz CT molecular complexity index is 403. The van der Waals surface area contributed by atoms with E-state index in [1.165, 1.54) is 0 Å². The normalized spacial score (nSPS) is 37.7. The molecular weight excluding hydrogens is 264 g/mol. The molecule has 0 aromatic carbocycles. The lowest BCUT2D eigenvalue weighted by Crippen LogP contribution is -2.52. The quantitative estimate of drug-likeness (QED) is 0.792. The van der Waals surface area contributed by atoms with Gasteiger partial charge in [0.2, 0.25) is 0 Å². The first-order valence-corrected chi connectivity index (χ1v) is 8.14. The predicted molar refractivity (Wildman–Crippen MR) is 73.3 cm³/mol. The van der Waals surface area contributed by atoms with Crippen molar-refractivity contribution in [3.63, 3.8) is 0 Å². The van der Waals surface area contributed by atoms with Crippen LogP contribution >= 0.6 is 11.8 Å². The van der Waals surface area contributed by atoms with Crippen LogP contribution in [0.15, 0.2) is 0 Å². The number of carboxylic acids is 1. The lowest BCUT2D eigenvalue weighted by atomic mass is 9.89. The van der Waals surface area contributed by atoms with Crippen molar-refractivity contribution in [2.24, 2.45) is 5.92 Å². The monoisotopic (exact) mass is 284 g/mol. The Hall–Kier alpha value is -0.910. The summed E-state index contributed by atoms with van der Waals surface area (Å²) < 4.78 is 0. The smallest absolute Gasteiger partial charge is 0.320 e. The number of fused-ring (bicyclic) bond motifs is 2. The number of rotatable bonds is 1. The third-order valence-electron chi connectivity index (χ3n) is 4.69. The van der Waals surface area contributed by atoms with E-state index in [1.54, 1.807) is 0 Å². The fourth-order valence-electron chi connectivity index (χ4n) is 3.71. The number of thioether (sulfide) groups is 1. The average molecular weight is 284 g/mol.